The molecule has 25 heavy (non-hydrogen) atoms. The molecular formula is C21H20N2OS. The predicted molar refractivity (Wildman–Crippen MR) is 103 cm³/mol. The second kappa shape index (κ2) is 7.96. The zero-order valence-corrected chi connectivity index (χ0v) is 15.3. The maximum atomic E-state index is 9.45. The van der Waals surface area contributed by atoms with E-state index in [4.69, 9.17) is 4.42 Å². The number of hydrogen-bond donors (Lipinski definition) is 0. The van der Waals surface area contributed by atoms with Gasteiger partial charge in [0.1, 0.15) is 22.6 Å². The summed E-state index contributed by atoms with van der Waals surface area (Å²) in [6.45, 7) is 4.09. The minimum Gasteiger partial charge on any atom is -0.462 e. The van der Waals surface area contributed by atoms with Gasteiger partial charge in [-0.05, 0) is 37.5 Å². The molecule has 126 valence electrons. The number of allylic oxidation sites excluding steroid dienone is 1. The van der Waals surface area contributed by atoms with Gasteiger partial charge in [0, 0.05) is 17.0 Å². The van der Waals surface area contributed by atoms with E-state index in [9.17, 15) is 5.26 Å². The SMILES string of the molecule is CCCCc1ccc(-c2csc(/C(C#N)=C/c3ccc(C)o3)n2)cc1. The van der Waals surface area contributed by atoms with Crippen LogP contribution in [0.4, 0.5) is 0 Å². The van der Waals surface area contributed by atoms with Gasteiger partial charge in [-0.3, -0.25) is 0 Å². The van der Waals surface area contributed by atoms with E-state index in [1.54, 1.807) is 6.08 Å². The van der Waals surface area contributed by atoms with Gasteiger partial charge < -0.3 is 4.42 Å². The second-order valence-electron chi connectivity index (χ2n) is 5.96. The first kappa shape index (κ1) is 17.2. The predicted octanol–water partition coefficient (Wildman–Crippen LogP) is 6.12. The largest absolute Gasteiger partial charge is 0.462 e. The zero-order valence-electron chi connectivity index (χ0n) is 14.5. The van der Waals surface area contributed by atoms with E-state index in [0.29, 0.717) is 16.3 Å². The fourth-order valence-corrected chi connectivity index (χ4v) is 3.36. The summed E-state index contributed by atoms with van der Waals surface area (Å²) in [6.07, 6.45) is 5.27. The molecule has 0 aliphatic rings. The van der Waals surface area contributed by atoms with Crippen LogP contribution >= 0.6 is 11.3 Å². The average molecular weight is 348 g/mol. The van der Waals surface area contributed by atoms with Crippen molar-refractivity contribution >= 4 is 23.0 Å². The first-order valence-corrected chi connectivity index (χ1v) is 9.31. The highest BCUT2D eigenvalue weighted by molar-refractivity contribution is 7.11. The molecule has 2 heterocycles. The topological polar surface area (TPSA) is 49.8 Å². The first-order chi connectivity index (χ1) is 12.2. The first-order valence-electron chi connectivity index (χ1n) is 8.43. The van der Waals surface area contributed by atoms with Crippen molar-refractivity contribution in [1.82, 2.24) is 4.98 Å². The minimum absolute atomic E-state index is 0.519. The number of nitriles is 1. The van der Waals surface area contributed by atoms with Crippen LogP contribution in [-0.2, 0) is 6.42 Å². The van der Waals surface area contributed by atoms with Crippen LogP contribution in [0.1, 0.15) is 41.9 Å². The van der Waals surface area contributed by atoms with Crippen molar-refractivity contribution in [2.24, 2.45) is 0 Å². The van der Waals surface area contributed by atoms with Crippen LogP contribution in [0.5, 0.6) is 0 Å². The maximum Gasteiger partial charge on any atom is 0.134 e. The lowest BCUT2D eigenvalue weighted by Gasteiger charge is -2.01. The van der Waals surface area contributed by atoms with Crippen molar-refractivity contribution in [2.45, 2.75) is 33.1 Å². The number of rotatable bonds is 6. The summed E-state index contributed by atoms with van der Waals surface area (Å²) in [7, 11) is 0. The molecule has 0 unspecified atom stereocenters. The minimum atomic E-state index is 0.519. The molecule has 0 aliphatic heterocycles. The summed E-state index contributed by atoms with van der Waals surface area (Å²) < 4.78 is 5.52. The molecule has 4 heteroatoms. The van der Waals surface area contributed by atoms with Gasteiger partial charge in [0.25, 0.3) is 0 Å². The maximum absolute atomic E-state index is 9.45. The zero-order chi connectivity index (χ0) is 17.6. The Labute approximate surface area is 152 Å². The average Bonchev–Trinajstić information content (AvgIpc) is 3.27. The van der Waals surface area contributed by atoms with Crippen LogP contribution in [0.3, 0.4) is 0 Å². The van der Waals surface area contributed by atoms with Crippen molar-refractivity contribution in [2.75, 3.05) is 0 Å². The molecular weight excluding hydrogens is 328 g/mol. The Morgan fingerprint density at radius 1 is 1.24 bits per heavy atom. The van der Waals surface area contributed by atoms with Crippen LogP contribution in [-0.4, -0.2) is 4.98 Å². The Morgan fingerprint density at radius 3 is 2.68 bits per heavy atom. The highest BCUT2D eigenvalue weighted by atomic mass is 32.1. The smallest absolute Gasteiger partial charge is 0.134 e. The third kappa shape index (κ3) is 4.26. The van der Waals surface area contributed by atoms with Gasteiger partial charge in [-0.25, -0.2) is 4.98 Å². The summed E-state index contributed by atoms with van der Waals surface area (Å²) in [5.74, 6) is 1.50. The molecule has 0 radical (unpaired) electrons. The molecule has 3 nitrogen and oxygen atoms in total. The lowest BCUT2D eigenvalue weighted by molar-refractivity contribution is 0.525. The quantitative estimate of drug-likeness (QED) is 0.504. The number of hydrogen-bond acceptors (Lipinski definition) is 4. The molecule has 0 bridgehead atoms. The van der Waals surface area contributed by atoms with Gasteiger partial charge in [-0.15, -0.1) is 11.3 Å². The molecule has 1 aromatic carbocycles. The Morgan fingerprint density at radius 2 is 2.04 bits per heavy atom. The van der Waals surface area contributed by atoms with Crippen molar-refractivity contribution in [3.63, 3.8) is 0 Å². The number of unbranched alkanes of at least 4 members (excludes halogenated alkanes) is 1. The summed E-state index contributed by atoms with van der Waals surface area (Å²) in [4.78, 5) is 4.63. The Hall–Kier alpha value is -2.64. The van der Waals surface area contributed by atoms with Crippen LogP contribution < -0.4 is 0 Å². The number of aromatic nitrogens is 1. The van der Waals surface area contributed by atoms with E-state index in [1.807, 2.05) is 24.4 Å². The molecule has 0 aliphatic carbocycles. The molecule has 0 amide bonds. The normalized spacial score (nSPS) is 11.5. The van der Waals surface area contributed by atoms with Gasteiger partial charge in [0.15, 0.2) is 0 Å². The molecule has 2 aromatic heterocycles. The van der Waals surface area contributed by atoms with Crippen molar-refractivity contribution in [3.8, 4) is 17.3 Å². The number of nitrogens with zero attached hydrogens (tertiary/aromatic N) is 2. The summed E-state index contributed by atoms with van der Waals surface area (Å²) in [5, 5.41) is 12.2. The van der Waals surface area contributed by atoms with Crippen LogP contribution in [0.2, 0.25) is 0 Å². The molecule has 0 atom stereocenters. The Kier molecular flexibility index (Phi) is 5.47. The van der Waals surface area contributed by atoms with E-state index >= 15 is 0 Å². The fraction of sp³-hybridized carbons (Fsp3) is 0.238. The number of furan rings is 1. The molecule has 0 fully saturated rings. The van der Waals surface area contributed by atoms with Gasteiger partial charge in [-0.1, -0.05) is 37.6 Å². The van der Waals surface area contributed by atoms with Crippen molar-refractivity contribution < 1.29 is 4.42 Å². The Bertz CT molecular complexity index is 910. The highest BCUT2D eigenvalue weighted by Crippen LogP contribution is 2.27. The van der Waals surface area contributed by atoms with Gasteiger partial charge in [0.05, 0.1) is 11.3 Å². The van der Waals surface area contributed by atoms with Crippen molar-refractivity contribution in [3.05, 3.63) is 63.9 Å². The number of benzene rings is 1. The monoisotopic (exact) mass is 348 g/mol. The molecule has 0 saturated heterocycles. The highest BCUT2D eigenvalue weighted by Gasteiger charge is 2.10. The number of thiazole rings is 1. The second-order valence-corrected chi connectivity index (χ2v) is 6.81. The van der Waals surface area contributed by atoms with E-state index in [0.717, 1.165) is 23.4 Å². The molecule has 0 saturated carbocycles. The summed E-state index contributed by atoms with van der Waals surface area (Å²) >= 11 is 1.48. The van der Waals surface area contributed by atoms with E-state index < -0.39 is 0 Å². The fourth-order valence-electron chi connectivity index (χ4n) is 2.57. The van der Waals surface area contributed by atoms with Gasteiger partial charge in [-0.2, -0.15) is 5.26 Å². The van der Waals surface area contributed by atoms with Crippen LogP contribution in [0, 0.1) is 18.3 Å². The summed E-state index contributed by atoms with van der Waals surface area (Å²) in [6, 6.07) is 14.5. The van der Waals surface area contributed by atoms with Crippen molar-refractivity contribution in [1.29, 1.82) is 5.26 Å². The third-order valence-corrected chi connectivity index (χ3v) is 4.85. The molecule has 3 aromatic rings. The lowest BCUT2D eigenvalue weighted by Crippen LogP contribution is -1.86. The van der Waals surface area contributed by atoms with E-state index in [-0.39, 0.29) is 0 Å². The van der Waals surface area contributed by atoms with Gasteiger partial charge >= 0.3 is 0 Å². The Balaban J connectivity index is 1.81. The molecule has 0 N–H and O–H groups in total. The number of aryl methyl sites for hydroxylation is 2. The van der Waals surface area contributed by atoms with E-state index in [1.165, 1.54) is 29.7 Å². The standard InChI is InChI=1S/C21H20N2OS/c1-3-4-5-16-7-9-17(10-8-16)20-14-25-21(23-20)18(13-22)12-19-11-6-15(2)24-19/h6-12,14H,3-5H2,1-2H3/b18-12+. The molecule has 3 rings (SSSR count). The van der Waals surface area contributed by atoms with Crippen LogP contribution in [0.15, 0.2) is 46.2 Å². The molecule has 0 spiro atoms. The lowest BCUT2D eigenvalue weighted by atomic mass is 10.1. The van der Waals surface area contributed by atoms with E-state index in [2.05, 4.69) is 42.2 Å². The van der Waals surface area contributed by atoms with Crippen LogP contribution in [0.25, 0.3) is 22.9 Å². The van der Waals surface area contributed by atoms with Gasteiger partial charge in [0.2, 0.25) is 0 Å². The summed E-state index contributed by atoms with van der Waals surface area (Å²) in [5.41, 5.74) is 3.85. The third-order valence-electron chi connectivity index (χ3n) is 3.97.